The Hall–Kier alpha value is -0.390. The molecule has 0 bridgehead atoms. The molecule has 1 atom stereocenters. The minimum Gasteiger partial charge on any atom is -0.379 e. The Morgan fingerprint density at radius 2 is 2.24 bits per heavy atom. The van der Waals surface area contributed by atoms with Gasteiger partial charge >= 0.3 is 0 Å². The van der Waals surface area contributed by atoms with Crippen LogP contribution in [0.3, 0.4) is 0 Å². The highest BCUT2D eigenvalue weighted by molar-refractivity contribution is 9.11. The van der Waals surface area contributed by atoms with Gasteiger partial charge in [0.2, 0.25) is 0 Å². The average Bonchev–Trinajstić information content (AvgIpc) is 2.33. The monoisotopic (exact) mass is 361 g/mol. The molecule has 0 radical (unpaired) electrons. The molecule has 3 nitrogen and oxygen atoms in total. The molecule has 17 heavy (non-hydrogen) atoms. The second-order valence-electron chi connectivity index (χ2n) is 4.01. The number of carbonyl (C=O) groups excluding carboxylic acids is 1. The van der Waals surface area contributed by atoms with E-state index in [9.17, 15) is 4.79 Å². The van der Waals surface area contributed by atoms with Crippen LogP contribution in [0.4, 0.5) is 0 Å². The van der Waals surface area contributed by atoms with Crippen LogP contribution < -0.4 is 5.32 Å². The molecule has 0 spiro atoms. The number of nitrogens with one attached hydrogen (secondary N) is 1. The number of halogens is 2. The number of hydrogen-bond acceptors (Lipinski definition) is 2. The Morgan fingerprint density at radius 1 is 1.41 bits per heavy atom. The maximum absolute atomic E-state index is 12.1. The fraction of sp³-hybridized carbons (Fsp3) is 0.417. The van der Waals surface area contributed by atoms with Crippen LogP contribution in [-0.2, 0) is 4.74 Å². The van der Waals surface area contributed by atoms with Gasteiger partial charge in [0.05, 0.1) is 18.2 Å². The number of hydrogen-bond donors (Lipinski definition) is 1. The number of benzene rings is 1. The van der Waals surface area contributed by atoms with Crippen molar-refractivity contribution in [2.75, 3.05) is 13.2 Å². The molecule has 1 amide bonds. The second-order valence-corrected chi connectivity index (χ2v) is 5.78. The van der Waals surface area contributed by atoms with Gasteiger partial charge in [0.15, 0.2) is 0 Å². The largest absolute Gasteiger partial charge is 0.379 e. The fourth-order valence-electron chi connectivity index (χ4n) is 1.79. The molecule has 1 fully saturated rings. The van der Waals surface area contributed by atoms with E-state index in [2.05, 4.69) is 37.2 Å². The Morgan fingerprint density at radius 3 is 2.94 bits per heavy atom. The zero-order valence-corrected chi connectivity index (χ0v) is 12.4. The minimum atomic E-state index is -0.0614. The van der Waals surface area contributed by atoms with Crippen LogP contribution in [0.15, 0.2) is 27.1 Å². The lowest BCUT2D eigenvalue weighted by Crippen LogP contribution is -2.40. The SMILES string of the molecule is O=C(NC1CCCOC1)c1cc(Br)ccc1Br. The van der Waals surface area contributed by atoms with Gasteiger partial charge in [0, 0.05) is 15.6 Å². The molecule has 1 unspecified atom stereocenters. The molecule has 0 aromatic heterocycles. The lowest BCUT2D eigenvalue weighted by molar-refractivity contribution is 0.0624. The molecule has 1 aromatic carbocycles. The van der Waals surface area contributed by atoms with E-state index in [0.29, 0.717) is 12.2 Å². The summed E-state index contributed by atoms with van der Waals surface area (Å²) >= 11 is 6.75. The molecule has 0 saturated carbocycles. The zero-order valence-electron chi connectivity index (χ0n) is 9.21. The van der Waals surface area contributed by atoms with Crippen molar-refractivity contribution in [2.45, 2.75) is 18.9 Å². The number of ether oxygens (including phenoxy) is 1. The van der Waals surface area contributed by atoms with Gasteiger partial charge in [0.1, 0.15) is 0 Å². The third-order valence-corrected chi connectivity index (χ3v) is 3.85. The van der Waals surface area contributed by atoms with Crippen molar-refractivity contribution >= 4 is 37.8 Å². The van der Waals surface area contributed by atoms with Crippen LogP contribution in [0.1, 0.15) is 23.2 Å². The lowest BCUT2D eigenvalue weighted by Gasteiger charge is -2.23. The van der Waals surface area contributed by atoms with Gasteiger partial charge in [-0.05, 0) is 47.0 Å². The Labute approximate surface area is 117 Å². The van der Waals surface area contributed by atoms with Crippen LogP contribution in [0.5, 0.6) is 0 Å². The van der Waals surface area contributed by atoms with Gasteiger partial charge in [-0.2, -0.15) is 0 Å². The van der Waals surface area contributed by atoms with E-state index in [1.165, 1.54) is 0 Å². The maximum Gasteiger partial charge on any atom is 0.252 e. The van der Waals surface area contributed by atoms with E-state index in [1.807, 2.05) is 18.2 Å². The van der Waals surface area contributed by atoms with E-state index >= 15 is 0 Å². The molecule has 1 aliphatic rings. The van der Waals surface area contributed by atoms with E-state index < -0.39 is 0 Å². The third-order valence-electron chi connectivity index (χ3n) is 2.67. The summed E-state index contributed by atoms with van der Waals surface area (Å²) in [6.07, 6.45) is 1.99. The van der Waals surface area contributed by atoms with Crippen molar-refractivity contribution in [1.82, 2.24) is 5.32 Å². The third kappa shape index (κ3) is 3.53. The van der Waals surface area contributed by atoms with Crippen LogP contribution in [0.25, 0.3) is 0 Å². The first kappa shape index (κ1) is 13.1. The number of rotatable bonds is 2. The maximum atomic E-state index is 12.1. The van der Waals surface area contributed by atoms with E-state index in [-0.39, 0.29) is 11.9 Å². The molecule has 2 rings (SSSR count). The minimum absolute atomic E-state index is 0.0614. The predicted octanol–water partition coefficient (Wildman–Crippen LogP) is 3.12. The second kappa shape index (κ2) is 5.98. The molecular formula is C12H13Br2NO2. The summed E-state index contributed by atoms with van der Waals surface area (Å²) in [7, 11) is 0. The molecule has 1 aromatic rings. The standard InChI is InChI=1S/C12H13Br2NO2/c13-8-3-4-11(14)10(6-8)12(16)15-9-2-1-5-17-7-9/h3-4,6,9H,1-2,5,7H2,(H,15,16). The Bertz CT molecular complexity index is 417. The fourth-order valence-corrected chi connectivity index (χ4v) is 2.58. The Balaban J connectivity index is 2.05. The van der Waals surface area contributed by atoms with Gasteiger partial charge in [-0.25, -0.2) is 0 Å². The average molecular weight is 363 g/mol. The van der Waals surface area contributed by atoms with Gasteiger partial charge in [-0.3, -0.25) is 4.79 Å². The van der Waals surface area contributed by atoms with Crippen LogP contribution >= 0.6 is 31.9 Å². The summed E-state index contributed by atoms with van der Waals surface area (Å²) in [5, 5.41) is 2.99. The van der Waals surface area contributed by atoms with Crippen LogP contribution in [0.2, 0.25) is 0 Å². The molecule has 1 aliphatic heterocycles. The molecule has 1 saturated heterocycles. The van der Waals surface area contributed by atoms with Gasteiger partial charge in [-0.15, -0.1) is 0 Å². The first-order valence-electron chi connectivity index (χ1n) is 5.50. The summed E-state index contributed by atoms with van der Waals surface area (Å²) in [5.74, 6) is -0.0614. The van der Waals surface area contributed by atoms with Crippen LogP contribution in [0, 0.1) is 0 Å². The topological polar surface area (TPSA) is 38.3 Å². The van der Waals surface area contributed by atoms with Gasteiger partial charge < -0.3 is 10.1 Å². The number of amides is 1. The van der Waals surface area contributed by atoms with Crippen molar-refractivity contribution in [3.63, 3.8) is 0 Å². The molecule has 1 heterocycles. The lowest BCUT2D eigenvalue weighted by atomic mass is 10.1. The van der Waals surface area contributed by atoms with E-state index in [4.69, 9.17) is 4.74 Å². The molecular weight excluding hydrogens is 350 g/mol. The van der Waals surface area contributed by atoms with Crippen molar-refractivity contribution in [1.29, 1.82) is 0 Å². The van der Waals surface area contributed by atoms with Crippen molar-refractivity contribution in [2.24, 2.45) is 0 Å². The van der Waals surface area contributed by atoms with Crippen LogP contribution in [-0.4, -0.2) is 25.2 Å². The summed E-state index contributed by atoms with van der Waals surface area (Å²) in [6, 6.07) is 5.69. The number of carbonyl (C=O) groups is 1. The summed E-state index contributed by atoms with van der Waals surface area (Å²) in [5.41, 5.74) is 0.643. The Kier molecular flexibility index (Phi) is 4.59. The van der Waals surface area contributed by atoms with Crippen molar-refractivity contribution < 1.29 is 9.53 Å². The molecule has 92 valence electrons. The summed E-state index contributed by atoms with van der Waals surface area (Å²) < 4.78 is 7.03. The smallest absolute Gasteiger partial charge is 0.252 e. The van der Waals surface area contributed by atoms with Gasteiger partial charge in [-0.1, -0.05) is 15.9 Å². The van der Waals surface area contributed by atoms with Crippen molar-refractivity contribution in [3.8, 4) is 0 Å². The quantitative estimate of drug-likeness (QED) is 0.877. The van der Waals surface area contributed by atoms with E-state index in [1.54, 1.807) is 0 Å². The normalized spacial score (nSPS) is 20.0. The zero-order chi connectivity index (χ0) is 12.3. The van der Waals surface area contributed by atoms with E-state index in [0.717, 1.165) is 28.4 Å². The first-order chi connectivity index (χ1) is 8.16. The molecule has 1 N–H and O–H groups in total. The van der Waals surface area contributed by atoms with Gasteiger partial charge in [0.25, 0.3) is 5.91 Å². The summed E-state index contributed by atoms with van der Waals surface area (Å²) in [4.78, 5) is 12.1. The predicted molar refractivity (Wildman–Crippen MR) is 73.1 cm³/mol. The van der Waals surface area contributed by atoms with Crippen molar-refractivity contribution in [3.05, 3.63) is 32.7 Å². The molecule has 5 heteroatoms. The highest BCUT2D eigenvalue weighted by atomic mass is 79.9. The highest BCUT2D eigenvalue weighted by Crippen LogP contribution is 2.21. The molecule has 0 aliphatic carbocycles. The highest BCUT2D eigenvalue weighted by Gasteiger charge is 2.18. The summed E-state index contributed by atoms with van der Waals surface area (Å²) in [6.45, 7) is 1.41. The first-order valence-corrected chi connectivity index (χ1v) is 7.09.